The highest BCUT2D eigenvalue weighted by Gasteiger charge is 2.19. The van der Waals surface area contributed by atoms with Gasteiger partial charge in [0.25, 0.3) is 0 Å². The minimum absolute atomic E-state index is 0.0810. The van der Waals surface area contributed by atoms with E-state index in [2.05, 4.69) is 118 Å². The highest BCUT2D eigenvalue weighted by Crippen LogP contribution is 2.15. The standard InChI is InChI=1S/C66H112O6/c1-4-7-10-13-16-19-21-23-25-27-28-29-30-31-32-33-34-35-36-37-38-40-41-43-45-47-50-53-56-59-65(68)71-62-63(61-70-64(67)58-55-52-49-18-15-12-9-6-3)72-66(69)60-57-54-51-48-46-44-42-39-26-24-22-20-17-14-11-8-5-2/h7,10,16,19,23-26,28-29,31-32,34-35,37-38,63H,4-6,8-9,11-15,17-18,20-22,27,30,33,36,39-62H2,1-3H3/b10-7-,19-16-,25-23-,26-24-,29-28-,32-31-,35-34-,38-37-. The van der Waals surface area contributed by atoms with E-state index in [0.717, 1.165) is 109 Å². The number of hydrogen-bond acceptors (Lipinski definition) is 6. The number of esters is 3. The van der Waals surface area contributed by atoms with Crippen molar-refractivity contribution in [3.8, 4) is 0 Å². The lowest BCUT2D eigenvalue weighted by Gasteiger charge is -2.18. The molecule has 0 aliphatic rings. The van der Waals surface area contributed by atoms with Crippen LogP contribution < -0.4 is 0 Å². The first kappa shape index (κ1) is 68.3. The lowest BCUT2D eigenvalue weighted by Crippen LogP contribution is -2.30. The van der Waals surface area contributed by atoms with Gasteiger partial charge in [0.05, 0.1) is 0 Å². The van der Waals surface area contributed by atoms with Crippen LogP contribution in [0.5, 0.6) is 0 Å². The molecule has 0 amide bonds. The quantitative estimate of drug-likeness (QED) is 0.0261. The molecule has 0 saturated heterocycles. The second kappa shape index (κ2) is 59.9. The first-order valence-electron chi connectivity index (χ1n) is 30.2. The predicted octanol–water partition coefficient (Wildman–Crippen LogP) is 20.5. The van der Waals surface area contributed by atoms with Crippen LogP contribution in [0.4, 0.5) is 0 Å². The van der Waals surface area contributed by atoms with Crippen LogP contribution in [-0.4, -0.2) is 37.2 Å². The lowest BCUT2D eigenvalue weighted by molar-refractivity contribution is -0.167. The Morgan fingerprint density at radius 1 is 0.292 bits per heavy atom. The molecular weight excluding hydrogens is 889 g/mol. The SMILES string of the molecule is CC/C=C\C/C=C\C/C=C\C/C=C\C/C=C\C/C=C\C/C=C\CCCCCCCCCC(=O)OCC(COC(=O)CCCCCCCCCC)OC(=O)CCCCCCCCC/C=C\CCCCCCCC. The van der Waals surface area contributed by atoms with Gasteiger partial charge in [-0.3, -0.25) is 14.4 Å². The summed E-state index contributed by atoms with van der Waals surface area (Å²) in [5, 5.41) is 0. The number of carbonyl (C=O) groups is 3. The van der Waals surface area contributed by atoms with Gasteiger partial charge in [-0.15, -0.1) is 0 Å². The van der Waals surface area contributed by atoms with Crippen molar-refractivity contribution in [1.82, 2.24) is 0 Å². The summed E-state index contributed by atoms with van der Waals surface area (Å²) < 4.78 is 16.8. The minimum atomic E-state index is -0.782. The van der Waals surface area contributed by atoms with E-state index in [1.54, 1.807) is 0 Å². The van der Waals surface area contributed by atoms with Crippen molar-refractivity contribution < 1.29 is 28.6 Å². The molecule has 0 aromatic carbocycles. The van der Waals surface area contributed by atoms with E-state index in [-0.39, 0.29) is 31.1 Å². The number of unbranched alkanes of at least 4 members (excludes halogenated alkanes) is 27. The minimum Gasteiger partial charge on any atom is -0.462 e. The summed E-state index contributed by atoms with van der Waals surface area (Å²) in [5.41, 5.74) is 0. The smallest absolute Gasteiger partial charge is 0.306 e. The Hall–Kier alpha value is -3.67. The van der Waals surface area contributed by atoms with E-state index in [1.807, 2.05) is 0 Å². The van der Waals surface area contributed by atoms with Crippen molar-refractivity contribution in [2.45, 2.75) is 290 Å². The fourth-order valence-corrected chi connectivity index (χ4v) is 8.30. The average Bonchev–Trinajstić information content (AvgIpc) is 3.38. The van der Waals surface area contributed by atoms with Gasteiger partial charge in [-0.25, -0.2) is 0 Å². The topological polar surface area (TPSA) is 78.9 Å². The van der Waals surface area contributed by atoms with Crippen LogP contribution in [0.2, 0.25) is 0 Å². The van der Waals surface area contributed by atoms with Gasteiger partial charge in [0.1, 0.15) is 13.2 Å². The number of hydrogen-bond donors (Lipinski definition) is 0. The molecule has 0 radical (unpaired) electrons. The number of ether oxygens (including phenoxy) is 3. The van der Waals surface area contributed by atoms with E-state index in [1.165, 1.54) is 135 Å². The fraction of sp³-hybridized carbons (Fsp3) is 0.712. The Balaban J connectivity index is 4.22. The van der Waals surface area contributed by atoms with Gasteiger partial charge >= 0.3 is 17.9 Å². The van der Waals surface area contributed by atoms with E-state index in [9.17, 15) is 14.4 Å². The average molecular weight is 1000 g/mol. The maximum Gasteiger partial charge on any atom is 0.306 e. The van der Waals surface area contributed by atoms with E-state index in [0.29, 0.717) is 19.3 Å². The highest BCUT2D eigenvalue weighted by atomic mass is 16.6. The van der Waals surface area contributed by atoms with Crippen LogP contribution in [0.3, 0.4) is 0 Å². The van der Waals surface area contributed by atoms with Gasteiger partial charge < -0.3 is 14.2 Å². The molecule has 0 fully saturated rings. The molecule has 6 nitrogen and oxygen atoms in total. The normalized spacial score (nSPS) is 12.8. The predicted molar refractivity (Wildman–Crippen MR) is 311 cm³/mol. The molecule has 72 heavy (non-hydrogen) atoms. The molecule has 0 bridgehead atoms. The Bertz CT molecular complexity index is 1430. The summed E-state index contributed by atoms with van der Waals surface area (Å²) >= 11 is 0. The van der Waals surface area contributed by atoms with Gasteiger partial charge in [-0.05, 0) is 103 Å². The maximum absolute atomic E-state index is 12.8. The Kier molecular flexibility index (Phi) is 56.8. The van der Waals surface area contributed by atoms with Crippen LogP contribution in [0.25, 0.3) is 0 Å². The van der Waals surface area contributed by atoms with Crippen LogP contribution >= 0.6 is 0 Å². The van der Waals surface area contributed by atoms with Gasteiger partial charge in [0, 0.05) is 19.3 Å². The second-order valence-electron chi connectivity index (χ2n) is 19.9. The van der Waals surface area contributed by atoms with Crippen molar-refractivity contribution in [2.75, 3.05) is 13.2 Å². The zero-order chi connectivity index (χ0) is 52.2. The van der Waals surface area contributed by atoms with E-state index in [4.69, 9.17) is 14.2 Å². The molecule has 412 valence electrons. The van der Waals surface area contributed by atoms with Crippen molar-refractivity contribution in [3.63, 3.8) is 0 Å². The Labute approximate surface area is 445 Å². The maximum atomic E-state index is 12.8. The summed E-state index contributed by atoms with van der Waals surface area (Å²) in [5.74, 6) is -0.896. The molecule has 6 heteroatoms. The molecule has 1 atom stereocenters. The number of carbonyl (C=O) groups excluding carboxylic acids is 3. The largest absolute Gasteiger partial charge is 0.462 e. The summed E-state index contributed by atoms with van der Waals surface area (Å²) in [7, 11) is 0. The number of rotatable bonds is 54. The van der Waals surface area contributed by atoms with E-state index >= 15 is 0 Å². The van der Waals surface area contributed by atoms with Gasteiger partial charge in [-0.2, -0.15) is 0 Å². The van der Waals surface area contributed by atoms with Gasteiger partial charge in [0.2, 0.25) is 0 Å². The zero-order valence-electron chi connectivity index (χ0n) is 47.2. The molecule has 0 spiro atoms. The molecule has 0 N–H and O–H groups in total. The van der Waals surface area contributed by atoms with E-state index < -0.39 is 6.10 Å². The summed E-state index contributed by atoms with van der Waals surface area (Å²) in [6, 6.07) is 0. The van der Waals surface area contributed by atoms with Crippen molar-refractivity contribution >= 4 is 17.9 Å². The van der Waals surface area contributed by atoms with Gasteiger partial charge in [-0.1, -0.05) is 259 Å². The van der Waals surface area contributed by atoms with Crippen LogP contribution in [0, 0.1) is 0 Å². The van der Waals surface area contributed by atoms with Crippen LogP contribution in [0.1, 0.15) is 284 Å². The van der Waals surface area contributed by atoms with Crippen molar-refractivity contribution in [1.29, 1.82) is 0 Å². The first-order valence-corrected chi connectivity index (χ1v) is 30.2. The third-order valence-electron chi connectivity index (χ3n) is 12.8. The monoisotopic (exact) mass is 1000 g/mol. The second-order valence-corrected chi connectivity index (χ2v) is 19.9. The molecule has 0 rings (SSSR count). The first-order chi connectivity index (χ1) is 35.5. The highest BCUT2D eigenvalue weighted by molar-refractivity contribution is 5.71. The molecular formula is C66H112O6. The van der Waals surface area contributed by atoms with Crippen molar-refractivity contribution in [3.05, 3.63) is 97.2 Å². The molecule has 1 unspecified atom stereocenters. The third kappa shape index (κ3) is 57.2. The van der Waals surface area contributed by atoms with Crippen molar-refractivity contribution in [2.24, 2.45) is 0 Å². The van der Waals surface area contributed by atoms with Crippen LogP contribution in [-0.2, 0) is 28.6 Å². The molecule has 0 aromatic rings. The Morgan fingerprint density at radius 2 is 0.542 bits per heavy atom. The Morgan fingerprint density at radius 3 is 0.861 bits per heavy atom. The zero-order valence-corrected chi connectivity index (χ0v) is 47.2. The van der Waals surface area contributed by atoms with Crippen LogP contribution in [0.15, 0.2) is 97.2 Å². The molecule has 0 aliphatic carbocycles. The fourth-order valence-electron chi connectivity index (χ4n) is 8.30. The molecule has 0 heterocycles. The van der Waals surface area contributed by atoms with Gasteiger partial charge in [0.15, 0.2) is 6.10 Å². The lowest BCUT2D eigenvalue weighted by atomic mass is 10.1. The number of allylic oxidation sites excluding steroid dienone is 16. The summed E-state index contributed by atoms with van der Waals surface area (Å²) in [4.78, 5) is 38.0. The summed E-state index contributed by atoms with van der Waals surface area (Å²) in [6.45, 7) is 6.49. The molecule has 0 saturated carbocycles. The molecule has 0 aliphatic heterocycles. The third-order valence-corrected chi connectivity index (χ3v) is 12.8. The molecule has 0 aromatic heterocycles. The summed E-state index contributed by atoms with van der Waals surface area (Å²) in [6.07, 6.45) is 79.9.